The van der Waals surface area contributed by atoms with Crippen molar-refractivity contribution in [1.29, 1.82) is 0 Å². The molecule has 2 aliphatic carbocycles. The van der Waals surface area contributed by atoms with Crippen molar-refractivity contribution in [2.75, 3.05) is 0 Å². The number of hydrogen-bond donors (Lipinski definition) is 2. The Morgan fingerprint density at radius 1 is 1.04 bits per heavy atom. The van der Waals surface area contributed by atoms with Crippen molar-refractivity contribution >= 4 is 11.9 Å². The van der Waals surface area contributed by atoms with Crippen molar-refractivity contribution in [1.82, 2.24) is 5.32 Å². The second-order valence-corrected chi connectivity index (χ2v) is 7.02. The van der Waals surface area contributed by atoms with Crippen molar-refractivity contribution in [2.45, 2.75) is 62.8 Å². The SMILES string of the molecule is O=C(NC1(C(=O)O)CCCC1)[C@H](c1ccccc1)C1CCCC1. The molecule has 4 heteroatoms. The fourth-order valence-corrected chi connectivity index (χ4v) is 4.27. The summed E-state index contributed by atoms with van der Waals surface area (Å²) in [6, 6.07) is 9.83. The Bertz CT molecular complexity index is 557. The van der Waals surface area contributed by atoms with E-state index in [9.17, 15) is 14.7 Å². The van der Waals surface area contributed by atoms with Gasteiger partial charge in [-0.25, -0.2) is 4.79 Å². The van der Waals surface area contributed by atoms with Gasteiger partial charge < -0.3 is 10.4 Å². The van der Waals surface area contributed by atoms with Crippen LogP contribution in [0.15, 0.2) is 30.3 Å². The molecule has 0 aromatic heterocycles. The predicted octanol–water partition coefficient (Wildman–Crippen LogP) is 3.47. The highest BCUT2D eigenvalue weighted by atomic mass is 16.4. The van der Waals surface area contributed by atoms with Crippen LogP contribution in [-0.2, 0) is 9.59 Å². The highest BCUT2D eigenvalue weighted by Gasteiger charge is 2.44. The lowest BCUT2D eigenvalue weighted by molar-refractivity contribution is -0.147. The van der Waals surface area contributed by atoms with Crippen molar-refractivity contribution < 1.29 is 14.7 Å². The first-order valence-electron chi connectivity index (χ1n) is 8.73. The molecule has 0 heterocycles. The summed E-state index contributed by atoms with van der Waals surface area (Å²) in [7, 11) is 0. The average Bonchev–Trinajstić information content (AvgIpc) is 3.21. The van der Waals surface area contributed by atoms with Crippen LogP contribution in [0.25, 0.3) is 0 Å². The molecule has 4 nitrogen and oxygen atoms in total. The van der Waals surface area contributed by atoms with E-state index in [1.807, 2.05) is 30.3 Å². The summed E-state index contributed by atoms with van der Waals surface area (Å²) in [6.07, 6.45) is 7.23. The number of carboxylic acid groups (broad SMARTS) is 1. The fraction of sp³-hybridized carbons (Fsp3) is 0.579. The maximum Gasteiger partial charge on any atom is 0.329 e. The second kappa shape index (κ2) is 6.73. The molecule has 0 radical (unpaired) electrons. The molecular weight excluding hydrogens is 290 g/mol. The van der Waals surface area contributed by atoms with Crippen LogP contribution in [0.1, 0.15) is 62.8 Å². The Kier molecular flexibility index (Phi) is 4.69. The Morgan fingerprint density at radius 2 is 1.65 bits per heavy atom. The van der Waals surface area contributed by atoms with E-state index in [2.05, 4.69) is 5.32 Å². The van der Waals surface area contributed by atoms with Crippen molar-refractivity contribution in [3.05, 3.63) is 35.9 Å². The van der Waals surface area contributed by atoms with Crippen LogP contribution in [0.2, 0.25) is 0 Å². The monoisotopic (exact) mass is 315 g/mol. The Balaban J connectivity index is 1.84. The summed E-state index contributed by atoms with van der Waals surface area (Å²) in [5, 5.41) is 12.5. The largest absolute Gasteiger partial charge is 0.480 e. The van der Waals surface area contributed by atoms with Gasteiger partial charge in [-0.05, 0) is 37.2 Å². The second-order valence-electron chi connectivity index (χ2n) is 7.02. The van der Waals surface area contributed by atoms with Gasteiger partial charge in [-0.15, -0.1) is 0 Å². The van der Waals surface area contributed by atoms with Crippen molar-refractivity contribution in [3.63, 3.8) is 0 Å². The molecule has 0 bridgehead atoms. The van der Waals surface area contributed by atoms with Crippen LogP contribution in [-0.4, -0.2) is 22.5 Å². The van der Waals surface area contributed by atoms with Gasteiger partial charge in [0.05, 0.1) is 5.92 Å². The lowest BCUT2D eigenvalue weighted by atomic mass is 9.83. The summed E-state index contributed by atoms with van der Waals surface area (Å²) >= 11 is 0. The first-order valence-corrected chi connectivity index (χ1v) is 8.73. The van der Waals surface area contributed by atoms with Gasteiger partial charge in [-0.2, -0.15) is 0 Å². The first-order chi connectivity index (χ1) is 11.1. The van der Waals surface area contributed by atoms with Gasteiger partial charge in [-0.1, -0.05) is 56.0 Å². The van der Waals surface area contributed by atoms with Crippen molar-refractivity contribution in [2.24, 2.45) is 5.92 Å². The van der Waals surface area contributed by atoms with Gasteiger partial charge in [0.1, 0.15) is 5.54 Å². The Labute approximate surface area is 137 Å². The zero-order chi connectivity index (χ0) is 16.3. The number of carboxylic acids is 1. The fourth-order valence-electron chi connectivity index (χ4n) is 4.27. The van der Waals surface area contributed by atoms with Crippen LogP contribution in [0, 0.1) is 5.92 Å². The zero-order valence-corrected chi connectivity index (χ0v) is 13.5. The van der Waals surface area contributed by atoms with Crippen LogP contribution in [0.5, 0.6) is 0 Å². The lowest BCUT2D eigenvalue weighted by Gasteiger charge is -2.30. The van der Waals surface area contributed by atoms with Gasteiger partial charge in [0.15, 0.2) is 0 Å². The summed E-state index contributed by atoms with van der Waals surface area (Å²) in [4.78, 5) is 24.7. The van der Waals surface area contributed by atoms with E-state index in [4.69, 9.17) is 0 Å². The third kappa shape index (κ3) is 3.26. The molecule has 2 N–H and O–H groups in total. The number of carbonyl (C=O) groups is 2. The molecule has 124 valence electrons. The Hall–Kier alpha value is -1.84. The minimum absolute atomic E-state index is 0.104. The molecule has 1 aromatic rings. The van der Waals surface area contributed by atoms with E-state index in [1.54, 1.807) is 0 Å². The maximum atomic E-state index is 13.0. The molecule has 0 spiro atoms. The molecule has 23 heavy (non-hydrogen) atoms. The number of benzene rings is 1. The normalized spacial score (nSPS) is 21.9. The van der Waals surface area contributed by atoms with Crippen LogP contribution >= 0.6 is 0 Å². The van der Waals surface area contributed by atoms with E-state index < -0.39 is 11.5 Å². The predicted molar refractivity (Wildman–Crippen MR) is 88.1 cm³/mol. The van der Waals surface area contributed by atoms with E-state index in [-0.39, 0.29) is 11.8 Å². The first kappa shape index (κ1) is 16.0. The number of aliphatic carboxylic acids is 1. The molecule has 2 aliphatic rings. The van der Waals surface area contributed by atoms with E-state index in [0.29, 0.717) is 18.8 Å². The van der Waals surface area contributed by atoms with Crippen LogP contribution in [0.4, 0.5) is 0 Å². The smallest absolute Gasteiger partial charge is 0.329 e. The number of nitrogens with one attached hydrogen (secondary N) is 1. The lowest BCUT2D eigenvalue weighted by Crippen LogP contribution is -2.54. The van der Waals surface area contributed by atoms with Gasteiger partial charge in [0, 0.05) is 0 Å². The third-order valence-corrected chi connectivity index (χ3v) is 5.54. The Morgan fingerprint density at radius 3 is 2.22 bits per heavy atom. The number of carbonyl (C=O) groups excluding carboxylic acids is 1. The minimum atomic E-state index is -1.05. The van der Waals surface area contributed by atoms with Crippen LogP contribution in [0.3, 0.4) is 0 Å². The van der Waals surface area contributed by atoms with E-state index in [0.717, 1.165) is 44.1 Å². The van der Waals surface area contributed by atoms with Crippen LogP contribution < -0.4 is 5.32 Å². The molecule has 1 amide bonds. The average molecular weight is 315 g/mol. The zero-order valence-electron chi connectivity index (χ0n) is 13.5. The molecule has 3 rings (SSSR count). The molecule has 2 fully saturated rings. The minimum Gasteiger partial charge on any atom is -0.480 e. The van der Waals surface area contributed by atoms with Gasteiger partial charge >= 0.3 is 5.97 Å². The third-order valence-electron chi connectivity index (χ3n) is 5.54. The summed E-state index contributed by atoms with van der Waals surface area (Å²) in [6.45, 7) is 0. The van der Waals surface area contributed by atoms with Crippen molar-refractivity contribution in [3.8, 4) is 0 Å². The molecule has 0 saturated heterocycles. The number of hydrogen-bond acceptors (Lipinski definition) is 2. The number of amides is 1. The molecule has 0 aliphatic heterocycles. The van der Waals surface area contributed by atoms with E-state index in [1.165, 1.54) is 0 Å². The quantitative estimate of drug-likeness (QED) is 0.874. The molecule has 1 atom stereocenters. The number of rotatable bonds is 5. The topological polar surface area (TPSA) is 66.4 Å². The molecule has 2 saturated carbocycles. The summed E-state index contributed by atoms with van der Waals surface area (Å²) < 4.78 is 0. The maximum absolute atomic E-state index is 13.0. The van der Waals surface area contributed by atoms with E-state index >= 15 is 0 Å². The van der Waals surface area contributed by atoms with Gasteiger partial charge in [0.25, 0.3) is 0 Å². The summed E-state index contributed by atoms with van der Waals surface area (Å²) in [5.41, 5.74) is -0.0432. The standard InChI is InChI=1S/C19H25NO3/c21-17(20-19(18(22)23)12-6-7-13-19)16(15-10-4-5-11-15)14-8-2-1-3-9-14/h1-3,8-9,15-16H,4-7,10-13H2,(H,20,21)(H,22,23)/t16-/m1/s1. The summed E-state index contributed by atoms with van der Waals surface area (Å²) in [5.74, 6) is -0.894. The molecular formula is C19H25NO3. The molecule has 0 unspecified atom stereocenters. The van der Waals surface area contributed by atoms with Gasteiger partial charge in [-0.3, -0.25) is 4.79 Å². The molecule has 1 aromatic carbocycles. The highest BCUT2D eigenvalue weighted by Crippen LogP contribution is 2.39. The van der Waals surface area contributed by atoms with Gasteiger partial charge in [0.2, 0.25) is 5.91 Å². The highest BCUT2D eigenvalue weighted by molar-refractivity contribution is 5.91.